The normalized spacial score (nSPS) is 17.3. The van der Waals surface area contributed by atoms with Crippen molar-refractivity contribution in [1.82, 2.24) is 14.9 Å². The number of fused-ring (bicyclic) bond motifs is 1. The van der Waals surface area contributed by atoms with Gasteiger partial charge in [0.25, 0.3) is 0 Å². The van der Waals surface area contributed by atoms with Gasteiger partial charge in [0.05, 0.1) is 4.47 Å². The van der Waals surface area contributed by atoms with Gasteiger partial charge >= 0.3 is 0 Å². The zero-order chi connectivity index (χ0) is 15.9. The summed E-state index contributed by atoms with van der Waals surface area (Å²) in [4.78, 5) is 11.3. The molecule has 0 atom stereocenters. The van der Waals surface area contributed by atoms with Crippen molar-refractivity contribution in [1.29, 1.82) is 0 Å². The van der Waals surface area contributed by atoms with E-state index in [-0.39, 0.29) is 11.7 Å². The number of nitrogens with zero attached hydrogens (tertiary/aromatic N) is 3. The Kier molecular flexibility index (Phi) is 5.21. The highest BCUT2D eigenvalue weighted by atomic mass is 127. The van der Waals surface area contributed by atoms with Crippen LogP contribution in [-0.2, 0) is 0 Å². The van der Waals surface area contributed by atoms with E-state index in [1.807, 2.05) is 6.07 Å². The third-order valence-corrected chi connectivity index (χ3v) is 6.85. The lowest BCUT2D eigenvalue weighted by Gasteiger charge is -2.30. The van der Waals surface area contributed by atoms with Crippen LogP contribution in [0.15, 0.2) is 10.5 Å². The van der Waals surface area contributed by atoms with Crippen molar-refractivity contribution in [3.05, 3.63) is 30.9 Å². The van der Waals surface area contributed by atoms with Crippen LogP contribution in [0.25, 0.3) is 10.9 Å². The number of likely N-dealkylation sites (tertiary alicyclic amines) is 1. The number of piperidine rings is 1. The maximum Gasteiger partial charge on any atom is 0.164 e. The van der Waals surface area contributed by atoms with E-state index in [0.29, 0.717) is 26.4 Å². The third-order valence-electron chi connectivity index (χ3n) is 4.20. The molecule has 1 aromatic heterocycles. The predicted molar refractivity (Wildman–Crippen MR) is 99.0 cm³/mol. The first-order chi connectivity index (χ1) is 10.5. The van der Waals surface area contributed by atoms with E-state index in [1.165, 1.54) is 0 Å². The molecular weight excluding hydrogens is 483 g/mol. The monoisotopic (exact) mass is 497 g/mol. The maximum atomic E-state index is 14.5. The lowest BCUT2D eigenvalue weighted by Crippen LogP contribution is -2.33. The second-order valence-electron chi connectivity index (χ2n) is 5.46. The molecule has 0 amide bonds. The Bertz CT molecular complexity index is 720. The van der Waals surface area contributed by atoms with Crippen molar-refractivity contribution in [2.45, 2.75) is 25.7 Å². The minimum Gasteiger partial charge on any atom is -0.304 e. The number of halogens is 4. The molecule has 3 nitrogen and oxygen atoms in total. The summed E-state index contributed by atoms with van der Waals surface area (Å²) in [6.07, 6.45) is 1.98. The Morgan fingerprint density at radius 1 is 1.41 bits per heavy atom. The van der Waals surface area contributed by atoms with E-state index in [0.717, 1.165) is 36.0 Å². The molecule has 2 aromatic rings. The molecular formula is C15H15BrClFIN3. The smallest absolute Gasteiger partial charge is 0.164 e. The molecule has 22 heavy (non-hydrogen) atoms. The summed E-state index contributed by atoms with van der Waals surface area (Å²) >= 11 is 11.6. The first kappa shape index (κ1) is 16.8. The van der Waals surface area contributed by atoms with E-state index in [1.54, 1.807) is 0 Å². The molecule has 0 saturated carbocycles. The standard InChI is InChI=1S/C15H15BrClFIN3/c1-2-22-5-3-8(4-6-22)15-20-13-9(14(17)21-15)7-10(19)11(16)12(13)18/h7-8H,2-6H2,1H3. The van der Waals surface area contributed by atoms with Gasteiger partial charge in [-0.15, -0.1) is 0 Å². The first-order valence-corrected chi connectivity index (χ1v) is 9.49. The van der Waals surface area contributed by atoms with E-state index in [9.17, 15) is 4.39 Å². The van der Waals surface area contributed by atoms with Gasteiger partial charge in [-0.2, -0.15) is 0 Å². The van der Waals surface area contributed by atoms with Crippen LogP contribution in [0.2, 0.25) is 5.15 Å². The van der Waals surface area contributed by atoms with Crippen LogP contribution in [-0.4, -0.2) is 34.5 Å². The van der Waals surface area contributed by atoms with Crippen LogP contribution in [0.4, 0.5) is 4.39 Å². The predicted octanol–water partition coefficient (Wildman–Crippen LogP) is 4.99. The summed E-state index contributed by atoms with van der Waals surface area (Å²) in [6.45, 7) is 5.28. The van der Waals surface area contributed by atoms with Crippen LogP contribution < -0.4 is 0 Å². The van der Waals surface area contributed by atoms with Crippen LogP contribution in [0, 0.1) is 9.39 Å². The molecule has 118 valence electrons. The molecule has 1 aromatic carbocycles. The number of aromatic nitrogens is 2. The SMILES string of the molecule is CCN1CCC(c2nc(Cl)c3cc(I)c(Br)c(F)c3n2)CC1. The highest BCUT2D eigenvalue weighted by molar-refractivity contribution is 14.1. The summed E-state index contributed by atoms with van der Waals surface area (Å²) in [5.74, 6) is 0.556. The highest BCUT2D eigenvalue weighted by Crippen LogP contribution is 2.34. The molecule has 1 fully saturated rings. The van der Waals surface area contributed by atoms with E-state index in [2.05, 4.69) is 60.3 Å². The van der Waals surface area contributed by atoms with Gasteiger partial charge < -0.3 is 4.90 Å². The van der Waals surface area contributed by atoms with E-state index < -0.39 is 0 Å². The van der Waals surface area contributed by atoms with Crippen molar-refractivity contribution in [2.24, 2.45) is 0 Å². The molecule has 0 spiro atoms. The Hall–Kier alpha value is -0.0500. The van der Waals surface area contributed by atoms with Gasteiger partial charge in [-0.1, -0.05) is 18.5 Å². The van der Waals surface area contributed by atoms with Gasteiger partial charge in [-0.25, -0.2) is 14.4 Å². The van der Waals surface area contributed by atoms with Crippen LogP contribution in [0.3, 0.4) is 0 Å². The second kappa shape index (κ2) is 6.83. The number of benzene rings is 1. The summed E-state index contributed by atoms with van der Waals surface area (Å²) in [7, 11) is 0. The number of rotatable bonds is 2. The molecule has 1 saturated heterocycles. The number of hydrogen-bond acceptors (Lipinski definition) is 3. The second-order valence-corrected chi connectivity index (χ2v) is 7.78. The quantitative estimate of drug-likeness (QED) is 0.332. The zero-order valence-electron chi connectivity index (χ0n) is 12.0. The topological polar surface area (TPSA) is 29.0 Å². The Labute approximate surface area is 155 Å². The summed E-state index contributed by atoms with van der Waals surface area (Å²) in [5.41, 5.74) is 0.306. The van der Waals surface area contributed by atoms with Gasteiger partial charge in [0.2, 0.25) is 0 Å². The van der Waals surface area contributed by atoms with E-state index >= 15 is 0 Å². The largest absolute Gasteiger partial charge is 0.304 e. The fourth-order valence-corrected chi connectivity index (χ4v) is 3.92. The molecule has 1 aliphatic rings. The lowest BCUT2D eigenvalue weighted by molar-refractivity contribution is 0.219. The minimum atomic E-state index is -0.363. The average Bonchev–Trinajstić information content (AvgIpc) is 2.54. The van der Waals surface area contributed by atoms with Gasteiger partial charge in [0.15, 0.2) is 5.82 Å². The molecule has 0 unspecified atom stereocenters. The molecule has 1 aliphatic heterocycles. The average molecular weight is 499 g/mol. The van der Waals surface area contributed by atoms with Crippen molar-refractivity contribution in [2.75, 3.05) is 19.6 Å². The fourth-order valence-electron chi connectivity index (χ4n) is 2.84. The Morgan fingerprint density at radius 2 is 2.09 bits per heavy atom. The Morgan fingerprint density at radius 3 is 2.73 bits per heavy atom. The molecule has 0 N–H and O–H groups in total. The van der Waals surface area contributed by atoms with Gasteiger partial charge in [0, 0.05) is 14.9 Å². The zero-order valence-corrected chi connectivity index (χ0v) is 16.5. The highest BCUT2D eigenvalue weighted by Gasteiger charge is 2.24. The number of hydrogen-bond donors (Lipinski definition) is 0. The van der Waals surface area contributed by atoms with Crippen LogP contribution >= 0.6 is 50.1 Å². The van der Waals surface area contributed by atoms with Gasteiger partial charge in [-0.3, -0.25) is 0 Å². The molecule has 2 heterocycles. The molecule has 7 heteroatoms. The fraction of sp³-hybridized carbons (Fsp3) is 0.467. The van der Waals surface area contributed by atoms with Crippen molar-refractivity contribution >= 4 is 61.0 Å². The molecule has 0 aliphatic carbocycles. The van der Waals surface area contributed by atoms with Crippen molar-refractivity contribution < 1.29 is 4.39 Å². The van der Waals surface area contributed by atoms with E-state index in [4.69, 9.17) is 11.6 Å². The summed E-state index contributed by atoms with van der Waals surface area (Å²) < 4.78 is 15.7. The van der Waals surface area contributed by atoms with Gasteiger partial charge in [0.1, 0.15) is 16.5 Å². The summed E-state index contributed by atoms with van der Waals surface area (Å²) in [6, 6.07) is 1.81. The Balaban J connectivity index is 2.02. The third kappa shape index (κ3) is 3.12. The molecule has 3 rings (SSSR count). The lowest BCUT2D eigenvalue weighted by atomic mass is 9.96. The maximum absolute atomic E-state index is 14.5. The first-order valence-electron chi connectivity index (χ1n) is 7.24. The van der Waals surface area contributed by atoms with Crippen LogP contribution in [0.1, 0.15) is 31.5 Å². The molecule has 0 bridgehead atoms. The minimum absolute atomic E-state index is 0.252. The molecule has 0 radical (unpaired) electrons. The van der Waals surface area contributed by atoms with Crippen molar-refractivity contribution in [3.63, 3.8) is 0 Å². The summed E-state index contributed by atoms with van der Waals surface area (Å²) in [5, 5.41) is 0.906. The van der Waals surface area contributed by atoms with Crippen LogP contribution in [0.5, 0.6) is 0 Å². The van der Waals surface area contributed by atoms with Crippen molar-refractivity contribution in [3.8, 4) is 0 Å². The van der Waals surface area contributed by atoms with Gasteiger partial charge in [-0.05, 0) is 77.1 Å².